The number of hydrogen-bond donors (Lipinski definition) is 1. The first-order valence-corrected chi connectivity index (χ1v) is 10.0. The molecule has 1 aromatic heterocycles. The normalized spacial score (nSPS) is 20.4. The van der Waals surface area contributed by atoms with E-state index >= 15 is 0 Å². The van der Waals surface area contributed by atoms with E-state index in [4.69, 9.17) is 4.74 Å². The van der Waals surface area contributed by atoms with Crippen LogP contribution in [-0.2, 0) is 13.1 Å². The van der Waals surface area contributed by atoms with Gasteiger partial charge in [0.2, 0.25) is 0 Å². The third kappa shape index (κ3) is 4.51. The minimum absolute atomic E-state index is 0.347. The molecule has 1 atom stereocenters. The number of aliphatic hydroxyl groups excluding tert-OH is 1. The van der Waals surface area contributed by atoms with Crippen LogP contribution in [0.5, 0.6) is 5.75 Å². The number of aryl methyl sites for hydroxylation is 1. The van der Waals surface area contributed by atoms with Gasteiger partial charge in [-0.3, -0.25) is 4.90 Å². The standard InChI is InChI=1S/C21H30N4O2/c1-17-4-2-3-5-20(17)27-16-19(26)14-23-9-6-18(7-10-23)25-13-12-24-11-8-22-21(24)15-25/h2-5,8,11,18-19,26H,6-7,9-10,12-16H2,1H3/t19-/m0/s1. The summed E-state index contributed by atoms with van der Waals surface area (Å²) < 4.78 is 8.05. The van der Waals surface area contributed by atoms with Crippen molar-refractivity contribution in [2.24, 2.45) is 0 Å². The van der Waals surface area contributed by atoms with Gasteiger partial charge in [-0.15, -0.1) is 0 Å². The monoisotopic (exact) mass is 370 g/mol. The molecule has 0 amide bonds. The van der Waals surface area contributed by atoms with E-state index in [0.29, 0.717) is 19.2 Å². The lowest BCUT2D eigenvalue weighted by Gasteiger charge is -2.40. The lowest BCUT2D eigenvalue weighted by Crippen LogP contribution is -2.49. The molecule has 0 radical (unpaired) electrons. The van der Waals surface area contributed by atoms with Crippen LogP contribution >= 0.6 is 0 Å². The van der Waals surface area contributed by atoms with Crippen molar-refractivity contribution in [3.8, 4) is 5.75 Å². The van der Waals surface area contributed by atoms with Crippen LogP contribution in [0, 0.1) is 6.92 Å². The van der Waals surface area contributed by atoms with Crippen LogP contribution in [0.1, 0.15) is 24.2 Å². The lowest BCUT2D eigenvalue weighted by atomic mass is 10.0. The van der Waals surface area contributed by atoms with Crippen molar-refractivity contribution in [1.29, 1.82) is 0 Å². The number of rotatable bonds is 6. The number of likely N-dealkylation sites (tertiary alicyclic amines) is 1. The van der Waals surface area contributed by atoms with Crippen LogP contribution in [0.4, 0.5) is 0 Å². The molecule has 1 aromatic carbocycles. The number of β-amino-alcohol motifs (C(OH)–C–C–N with tert-alkyl or cyclic N) is 1. The molecule has 1 fully saturated rings. The Morgan fingerprint density at radius 2 is 2.00 bits per heavy atom. The molecule has 1 N–H and O–H groups in total. The minimum atomic E-state index is -0.455. The summed E-state index contributed by atoms with van der Waals surface area (Å²) in [7, 11) is 0. The van der Waals surface area contributed by atoms with Crippen molar-refractivity contribution in [1.82, 2.24) is 19.4 Å². The summed E-state index contributed by atoms with van der Waals surface area (Å²) in [6, 6.07) is 8.58. The van der Waals surface area contributed by atoms with Crippen molar-refractivity contribution in [3.05, 3.63) is 48.0 Å². The summed E-state index contributed by atoms with van der Waals surface area (Å²) in [5.41, 5.74) is 1.10. The van der Waals surface area contributed by atoms with Crippen LogP contribution in [-0.4, -0.2) is 69.4 Å². The second kappa shape index (κ2) is 8.42. The largest absolute Gasteiger partial charge is 0.491 e. The van der Waals surface area contributed by atoms with Gasteiger partial charge in [0.05, 0.1) is 6.54 Å². The zero-order valence-electron chi connectivity index (χ0n) is 16.1. The van der Waals surface area contributed by atoms with Crippen molar-refractivity contribution >= 4 is 0 Å². The van der Waals surface area contributed by atoms with Crippen molar-refractivity contribution in [3.63, 3.8) is 0 Å². The first-order valence-electron chi connectivity index (χ1n) is 10.0. The van der Waals surface area contributed by atoms with E-state index in [1.54, 1.807) is 0 Å². The van der Waals surface area contributed by atoms with E-state index in [-0.39, 0.29) is 0 Å². The van der Waals surface area contributed by atoms with Crippen LogP contribution in [0.25, 0.3) is 0 Å². The van der Waals surface area contributed by atoms with Gasteiger partial charge in [0, 0.05) is 38.1 Å². The Labute approximate surface area is 161 Å². The zero-order valence-corrected chi connectivity index (χ0v) is 16.1. The van der Waals surface area contributed by atoms with Gasteiger partial charge in [-0.25, -0.2) is 4.98 Å². The molecule has 2 aliphatic heterocycles. The average Bonchev–Trinajstić information content (AvgIpc) is 3.16. The third-order valence-electron chi connectivity index (χ3n) is 5.84. The highest BCUT2D eigenvalue weighted by Crippen LogP contribution is 2.22. The molecular formula is C21H30N4O2. The Balaban J connectivity index is 1.20. The van der Waals surface area contributed by atoms with Crippen molar-refractivity contribution < 1.29 is 9.84 Å². The van der Waals surface area contributed by atoms with Crippen molar-refractivity contribution in [2.45, 2.75) is 45.0 Å². The molecule has 6 nitrogen and oxygen atoms in total. The fourth-order valence-corrected chi connectivity index (χ4v) is 4.23. The zero-order chi connectivity index (χ0) is 18.6. The first-order chi connectivity index (χ1) is 13.2. The Bertz CT molecular complexity index is 739. The molecule has 146 valence electrons. The first kappa shape index (κ1) is 18.5. The van der Waals surface area contributed by atoms with E-state index < -0.39 is 6.10 Å². The lowest BCUT2D eigenvalue weighted by molar-refractivity contribution is 0.0383. The predicted molar refractivity (Wildman–Crippen MR) is 105 cm³/mol. The number of benzene rings is 1. The fourth-order valence-electron chi connectivity index (χ4n) is 4.23. The average molecular weight is 370 g/mol. The van der Waals surface area contributed by atoms with Gasteiger partial charge >= 0.3 is 0 Å². The molecule has 27 heavy (non-hydrogen) atoms. The molecule has 0 saturated carbocycles. The topological polar surface area (TPSA) is 53.8 Å². The Morgan fingerprint density at radius 1 is 1.19 bits per heavy atom. The Kier molecular flexibility index (Phi) is 5.76. The van der Waals surface area contributed by atoms with Gasteiger partial charge in [0.15, 0.2) is 0 Å². The van der Waals surface area contributed by atoms with Crippen molar-refractivity contribution in [2.75, 3.05) is 32.8 Å². The maximum atomic E-state index is 10.4. The van der Waals surface area contributed by atoms with E-state index in [0.717, 1.165) is 56.9 Å². The molecule has 0 unspecified atom stereocenters. The summed E-state index contributed by atoms with van der Waals surface area (Å²) in [4.78, 5) is 9.42. The summed E-state index contributed by atoms with van der Waals surface area (Å²) in [6.45, 7) is 8.26. The number of fused-ring (bicyclic) bond motifs is 1. The number of imidazole rings is 1. The fraction of sp³-hybridized carbons (Fsp3) is 0.571. The van der Waals surface area contributed by atoms with Gasteiger partial charge in [-0.1, -0.05) is 18.2 Å². The number of aromatic nitrogens is 2. The number of piperidine rings is 1. The quantitative estimate of drug-likeness (QED) is 0.842. The second-order valence-corrected chi connectivity index (χ2v) is 7.77. The SMILES string of the molecule is Cc1ccccc1OC[C@@H](O)CN1CCC(N2CCn3ccnc3C2)CC1. The smallest absolute Gasteiger partial charge is 0.122 e. The van der Waals surface area contributed by atoms with Crippen LogP contribution < -0.4 is 4.74 Å². The second-order valence-electron chi connectivity index (χ2n) is 7.77. The van der Waals surface area contributed by atoms with E-state index in [2.05, 4.69) is 25.5 Å². The molecule has 2 aromatic rings. The number of ether oxygens (including phenoxy) is 1. The highest BCUT2D eigenvalue weighted by Gasteiger charge is 2.28. The number of hydrogen-bond acceptors (Lipinski definition) is 5. The van der Waals surface area contributed by atoms with Gasteiger partial charge < -0.3 is 19.3 Å². The summed E-state index contributed by atoms with van der Waals surface area (Å²) in [5.74, 6) is 2.05. The predicted octanol–water partition coefficient (Wildman–Crippen LogP) is 1.91. The Hall–Kier alpha value is -1.89. The van der Waals surface area contributed by atoms with Crippen LogP contribution in [0.2, 0.25) is 0 Å². The van der Waals surface area contributed by atoms with Gasteiger partial charge in [-0.2, -0.15) is 0 Å². The molecular weight excluding hydrogens is 340 g/mol. The Morgan fingerprint density at radius 3 is 2.81 bits per heavy atom. The van der Waals surface area contributed by atoms with Crippen LogP contribution in [0.3, 0.4) is 0 Å². The van der Waals surface area contributed by atoms with Gasteiger partial charge in [0.1, 0.15) is 24.3 Å². The molecule has 4 rings (SSSR count). The minimum Gasteiger partial charge on any atom is -0.491 e. The van der Waals surface area contributed by atoms with E-state index in [1.807, 2.05) is 37.4 Å². The summed E-state index contributed by atoms with van der Waals surface area (Å²) in [5, 5.41) is 10.4. The molecule has 0 bridgehead atoms. The third-order valence-corrected chi connectivity index (χ3v) is 5.84. The maximum Gasteiger partial charge on any atom is 0.122 e. The summed E-state index contributed by atoms with van der Waals surface area (Å²) >= 11 is 0. The highest BCUT2D eigenvalue weighted by molar-refractivity contribution is 5.31. The molecule has 2 aliphatic rings. The van der Waals surface area contributed by atoms with Gasteiger partial charge in [0.25, 0.3) is 0 Å². The number of para-hydroxylation sites is 1. The van der Waals surface area contributed by atoms with Gasteiger partial charge in [-0.05, 0) is 44.5 Å². The maximum absolute atomic E-state index is 10.4. The number of nitrogens with zero attached hydrogens (tertiary/aromatic N) is 4. The molecule has 0 aliphatic carbocycles. The molecule has 0 spiro atoms. The molecule has 1 saturated heterocycles. The molecule has 3 heterocycles. The summed E-state index contributed by atoms with van der Waals surface area (Å²) in [6.07, 6.45) is 5.85. The van der Waals surface area contributed by atoms with E-state index in [9.17, 15) is 5.11 Å². The number of aliphatic hydroxyl groups is 1. The molecule has 6 heteroatoms. The van der Waals surface area contributed by atoms with Crippen LogP contribution in [0.15, 0.2) is 36.7 Å². The van der Waals surface area contributed by atoms with E-state index in [1.165, 1.54) is 5.82 Å². The highest BCUT2D eigenvalue weighted by atomic mass is 16.5.